The molecule has 0 saturated heterocycles. The summed E-state index contributed by atoms with van der Waals surface area (Å²) in [6, 6.07) is 14.4. The molecule has 35 heavy (non-hydrogen) atoms. The molecule has 2 aromatic carbocycles. The molecule has 0 aliphatic heterocycles. The Morgan fingerprint density at radius 3 is 2.63 bits per heavy atom. The lowest BCUT2D eigenvalue weighted by Crippen LogP contribution is -2.26. The molecule has 0 aliphatic carbocycles. The van der Waals surface area contributed by atoms with Crippen LogP contribution in [-0.4, -0.2) is 25.7 Å². The van der Waals surface area contributed by atoms with Crippen LogP contribution in [0.4, 0.5) is 10.1 Å². The van der Waals surface area contributed by atoms with Crippen LogP contribution in [0, 0.1) is 19.7 Å². The van der Waals surface area contributed by atoms with Crippen molar-refractivity contribution in [2.75, 3.05) is 5.32 Å². The molecule has 3 heterocycles. The third-order valence-corrected chi connectivity index (χ3v) is 6.11. The van der Waals surface area contributed by atoms with Crippen LogP contribution in [0.25, 0.3) is 15.9 Å². The fourth-order valence-electron chi connectivity index (χ4n) is 3.43. The first-order valence-corrected chi connectivity index (χ1v) is 11.4. The van der Waals surface area contributed by atoms with Crippen molar-refractivity contribution in [1.29, 1.82) is 0 Å². The van der Waals surface area contributed by atoms with E-state index in [-0.39, 0.29) is 28.6 Å². The quantitative estimate of drug-likeness (QED) is 0.373. The van der Waals surface area contributed by atoms with Gasteiger partial charge in [0.1, 0.15) is 11.0 Å². The highest BCUT2D eigenvalue weighted by molar-refractivity contribution is 7.17. The van der Waals surface area contributed by atoms with Crippen LogP contribution in [0.2, 0.25) is 0 Å². The van der Waals surface area contributed by atoms with Crippen molar-refractivity contribution in [2.24, 2.45) is 0 Å². The number of fused-ring (bicyclic) bond motifs is 1. The Morgan fingerprint density at radius 2 is 1.86 bits per heavy atom. The van der Waals surface area contributed by atoms with Crippen LogP contribution in [0.3, 0.4) is 0 Å². The van der Waals surface area contributed by atoms with Crippen molar-refractivity contribution in [2.45, 2.75) is 13.8 Å². The summed E-state index contributed by atoms with van der Waals surface area (Å²) in [5, 5.41) is 8.72. The number of halogens is 1. The van der Waals surface area contributed by atoms with Crippen molar-refractivity contribution < 1.29 is 13.9 Å². The van der Waals surface area contributed by atoms with Crippen molar-refractivity contribution in [3.63, 3.8) is 0 Å². The molecule has 0 fully saturated rings. The van der Waals surface area contributed by atoms with Crippen LogP contribution in [0.1, 0.15) is 21.6 Å². The van der Waals surface area contributed by atoms with E-state index in [2.05, 4.69) is 20.4 Å². The average Bonchev–Trinajstić information content (AvgIpc) is 3.31. The Balaban J connectivity index is 1.39. The Kier molecular flexibility index (Phi) is 5.79. The maximum absolute atomic E-state index is 14.8. The molecule has 0 spiro atoms. The maximum Gasteiger partial charge on any atom is 0.276 e. The van der Waals surface area contributed by atoms with Gasteiger partial charge in [0.05, 0.1) is 11.2 Å². The molecule has 0 radical (unpaired) electrons. The zero-order valence-electron chi connectivity index (χ0n) is 18.7. The molecular formula is C25H18FN5O3S. The summed E-state index contributed by atoms with van der Waals surface area (Å²) in [5.41, 5.74) is 2.57. The van der Waals surface area contributed by atoms with E-state index in [0.717, 1.165) is 16.3 Å². The van der Waals surface area contributed by atoms with Gasteiger partial charge in [0.25, 0.3) is 11.5 Å². The number of carbonyl (C=O) groups is 1. The van der Waals surface area contributed by atoms with E-state index >= 15 is 0 Å². The molecule has 8 nitrogen and oxygen atoms in total. The third-order valence-electron chi connectivity index (χ3n) is 5.22. The van der Waals surface area contributed by atoms with Crippen LogP contribution < -0.4 is 15.6 Å². The van der Waals surface area contributed by atoms with Gasteiger partial charge >= 0.3 is 0 Å². The molecule has 174 valence electrons. The van der Waals surface area contributed by atoms with Gasteiger partial charge in [0, 0.05) is 17.8 Å². The van der Waals surface area contributed by atoms with Crippen molar-refractivity contribution >= 4 is 33.1 Å². The maximum atomic E-state index is 14.8. The molecule has 5 aromatic rings. The van der Waals surface area contributed by atoms with Gasteiger partial charge in [-0.05, 0) is 55.1 Å². The molecule has 0 saturated carbocycles. The number of nitrogens with zero attached hydrogens (tertiary/aromatic N) is 4. The fraction of sp³-hybridized carbons (Fsp3) is 0.0800. The van der Waals surface area contributed by atoms with Gasteiger partial charge in [0.15, 0.2) is 17.3 Å². The van der Waals surface area contributed by atoms with Crippen LogP contribution >= 0.6 is 11.3 Å². The van der Waals surface area contributed by atoms with Gasteiger partial charge < -0.3 is 10.1 Å². The van der Waals surface area contributed by atoms with Crippen molar-refractivity contribution in [1.82, 2.24) is 19.7 Å². The molecule has 5 rings (SSSR count). The van der Waals surface area contributed by atoms with Crippen molar-refractivity contribution in [3.8, 4) is 17.3 Å². The van der Waals surface area contributed by atoms with Crippen molar-refractivity contribution in [3.05, 3.63) is 99.3 Å². The number of amides is 1. The number of hydrogen-bond donors (Lipinski definition) is 1. The third kappa shape index (κ3) is 4.51. The van der Waals surface area contributed by atoms with Gasteiger partial charge in [0.2, 0.25) is 5.88 Å². The van der Waals surface area contributed by atoms with E-state index in [4.69, 9.17) is 4.74 Å². The van der Waals surface area contributed by atoms with E-state index in [1.54, 1.807) is 19.1 Å². The predicted molar refractivity (Wildman–Crippen MR) is 131 cm³/mol. The van der Waals surface area contributed by atoms with Gasteiger partial charge in [-0.1, -0.05) is 17.7 Å². The van der Waals surface area contributed by atoms with E-state index in [1.807, 2.05) is 30.5 Å². The van der Waals surface area contributed by atoms with Crippen LogP contribution in [-0.2, 0) is 0 Å². The summed E-state index contributed by atoms with van der Waals surface area (Å²) in [5.74, 6) is -1.05. The van der Waals surface area contributed by atoms with E-state index in [0.29, 0.717) is 21.5 Å². The SMILES string of the molecule is Cc1ccc(-n2nc(C(=O)Nc3ccc(Oc4ncnc5ccsc45)c(F)c3)c(C)cc2=O)cc1. The van der Waals surface area contributed by atoms with Gasteiger partial charge in [-0.25, -0.2) is 14.4 Å². The number of rotatable bonds is 5. The Bertz CT molecular complexity index is 1630. The molecule has 1 amide bonds. The molecule has 0 bridgehead atoms. The average molecular weight is 488 g/mol. The molecule has 0 unspecified atom stereocenters. The lowest BCUT2D eigenvalue weighted by Gasteiger charge is -2.11. The number of thiophene rings is 1. The minimum atomic E-state index is -0.680. The lowest BCUT2D eigenvalue weighted by molar-refractivity contribution is 0.102. The highest BCUT2D eigenvalue weighted by Gasteiger charge is 2.17. The number of hydrogen-bond acceptors (Lipinski definition) is 7. The topological polar surface area (TPSA) is 99.0 Å². The predicted octanol–water partition coefficient (Wildman–Crippen LogP) is 5.04. The number of carbonyl (C=O) groups excluding carboxylic acids is 1. The number of aromatic nitrogens is 4. The minimum absolute atomic E-state index is 0.0429. The summed E-state index contributed by atoms with van der Waals surface area (Å²) >= 11 is 1.39. The second-order valence-electron chi connectivity index (χ2n) is 7.78. The zero-order chi connectivity index (χ0) is 24.5. The second kappa shape index (κ2) is 9.07. The summed E-state index contributed by atoms with van der Waals surface area (Å²) in [6.45, 7) is 3.55. The molecule has 1 N–H and O–H groups in total. The van der Waals surface area contributed by atoms with E-state index in [1.165, 1.54) is 35.9 Å². The minimum Gasteiger partial charge on any atom is -0.434 e. The Morgan fingerprint density at radius 1 is 1.06 bits per heavy atom. The molecular weight excluding hydrogens is 469 g/mol. The normalized spacial score (nSPS) is 10.9. The standard InChI is InChI=1S/C25H18FN5O3S/c1-14-3-6-17(7-4-14)31-21(32)11-15(2)22(30-31)24(33)29-16-5-8-20(18(26)12-16)34-25-23-19(9-10-35-23)27-13-28-25/h3-13H,1-2H3,(H,29,33). The van der Waals surface area contributed by atoms with E-state index < -0.39 is 11.7 Å². The summed E-state index contributed by atoms with van der Waals surface area (Å²) in [4.78, 5) is 33.6. The van der Waals surface area contributed by atoms with Crippen LogP contribution in [0.5, 0.6) is 11.6 Å². The zero-order valence-corrected chi connectivity index (χ0v) is 19.5. The highest BCUT2D eigenvalue weighted by atomic mass is 32.1. The summed E-state index contributed by atoms with van der Waals surface area (Å²) < 4.78 is 22.3. The fourth-order valence-corrected chi connectivity index (χ4v) is 4.20. The second-order valence-corrected chi connectivity index (χ2v) is 8.69. The number of ether oxygens (including phenoxy) is 1. The molecule has 3 aromatic heterocycles. The summed E-state index contributed by atoms with van der Waals surface area (Å²) in [7, 11) is 0. The monoisotopic (exact) mass is 487 g/mol. The van der Waals surface area contributed by atoms with Crippen LogP contribution in [0.15, 0.2) is 71.1 Å². The molecule has 10 heteroatoms. The van der Waals surface area contributed by atoms with Gasteiger partial charge in [-0.2, -0.15) is 9.78 Å². The first-order chi connectivity index (χ1) is 16.9. The lowest BCUT2D eigenvalue weighted by atomic mass is 10.2. The van der Waals surface area contributed by atoms with E-state index in [9.17, 15) is 14.0 Å². The Hall–Kier alpha value is -4.44. The number of aryl methyl sites for hydroxylation is 2. The number of benzene rings is 2. The van der Waals surface area contributed by atoms with Gasteiger partial charge in [-0.15, -0.1) is 11.3 Å². The molecule has 0 atom stereocenters. The largest absolute Gasteiger partial charge is 0.434 e. The number of anilines is 1. The Labute approximate surface area is 202 Å². The number of nitrogens with one attached hydrogen (secondary N) is 1. The smallest absolute Gasteiger partial charge is 0.276 e. The summed E-state index contributed by atoms with van der Waals surface area (Å²) in [6.07, 6.45) is 1.35. The highest BCUT2D eigenvalue weighted by Crippen LogP contribution is 2.32. The van der Waals surface area contributed by atoms with Gasteiger partial charge in [-0.3, -0.25) is 9.59 Å². The first kappa shape index (κ1) is 22.4. The molecule has 0 aliphatic rings. The first-order valence-electron chi connectivity index (χ1n) is 10.5.